The number of hydrogen-bond donors (Lipinski definition) is 2. The number of nitrogens with zero attached hydrogens (tertiary/aromatic N) is 1. The van der Waals surface area contributed by atoms with Gasteiger partial charge >= 0.3 is 0 Å². The van der Waals surface area contributed by atoms with Gasteiger partial charge in [-0.3, -0.25) is 0 Å². The van der Waals surface area contributed by atoms with Crippen molar-refractivity contribution in [3.63, 3.8) is 0 Å². The summed E-state index contributed by atoms with van der Waals surface area (Å²) in [5.41, 5.74) is 11.4. The van der Waals surface area contributed by atoms with Crippen LogP contribution in [0.15, 0.2) is 41.4 Å². The summed E-state index contributed by atoms with van der Waals surface area (Å²) in [5.74, 6) is 0.0300. The molecule has 76 valence electrons. The second-order valence-corrected chi connectivity index (χ2v) is 3.56. The van der Waals surface area contributed by atoms with Gasteiger partial charge in [0, 0.05) is 5.39 Å². The van der Waals surface area contributed by atoms with E-state index in [1.807, 2.05) is 36.4 Å². The largest absolute Gasteiger partial charge is 0.370 e. The molecule has 2 aromatic carbocycles. The minimum Gasteiger partial charge on any atom is -0.370 e. The molecule has 2 rings (SSSR count). The van der Waals surface area contributed by atoms with E-state index in [1.54, 1.807) is 0 Å². The molecule has 0 spiro atoms. The SMILES string of the molecule is NC(N)=Nc1cccc2cccc(Cl)c12. The molecule has 0 fully saturated rings. The highest BCUT2D eigenvalue weighted by atomic mass is 35.5. The van der Waals surface area contributed by atoms with Crippen molar-refractivity contribution in [3.8, 4) is 0 Å². The summed E-state index contributed by atoms with van der Waals surface area (Å²) in [6.07, 6.45) is 0. The number of fused-ring (bicyclic) bond motifs is 1. The first kappa shape index (κ1) is 9.80. The Morgan fingerprint density at radius 2 is 1.73 bits per heavy atom. The van der Waals surface area contributed by atoms with Crippen molar-refractivity contribution in [2.75, 3.05) is 0 Å². The Morgan fingerprint density at radius 3 is 2.40 bits per heavy atom. The van der Waals surface area contributed by atoms with E-state index >= 15 is 0 Å². The molecule has 0 atom stereocenters. The van der Waals surface area contributed by atoms with Crippen LogP contribution in [0.5, 0.6) is 0 Å². The van der Waals surface area contributed by atoms with Gasteiger partial charge < -0.3 is 11.5 Å². The maximum Gasteiger partial charge on any atom is 0.191 e. The van der Waals surface area contributed by atoms with E-state index in [0.29, 0.717) is 10.7 Å². The molecule has 0 heterocycles. The summed E-state index contributed by atoms with van der Waals surface area (Å²) in [4.78, 5) is 4.04. The Hall–Kier alpha value is -1.74. The number of aliphatic imine (C=N–C) groups is 1. The predicted molar refractivity (Wildman–Crippen MR) is 64.4 cm³/mol. The second kappa shape index (κ2) is 3.79. The Bertz CT molecular complexity index is 525. The van der Waals surface area contributed by atoms with E-state index in [1.165, 1.54) is 0 Å². The Morgan fingerprint density at radius 1 is 1.07 bits per heavy atom. The van der Waals surface area contributed by atoms with E-state index in [0.717, 1.165) is 10.8 Å². The number of nitrogens with two attached hydrogens (primary N) is 2. The number of halogens is 1. The van der Waals surface area contributed by atoms with Crippen LogP contribution in [0.2, 0.25) is 5.02 Å². The molecular weight excluding hydrogens is 210 g/mol. The van der Waals surface area contributed by atoms with E-state index < -0.39 is 0 Å². The summed E-state index contributed by atoms with van der Waals surface area (Å²) in [6.45, 7) is 0. The van der Waals surface area contributed by atoms with Crippen LogP contribution in [0.1, 0.15) is 0 Å². The van der Waals surface area contributed by atoms with Crippen LogP contribution in [0, 0.1) is 0 Å². The molecule has 0 aromatic heterocycles. The summed E-state index contributed by atoms with van der Waals surface area (Å²) < 4.78 is 0. The Labute approximate surface area is 92.4 Å². The topological polar surface area (TPSA) is 64.4 Å². The van der Waals surface area contributed by atoms with Gasteiger partial charge in [-0.05, 0) is 17.5 Å². The van der Waals surface area contributed by atoms with Crippen LogP contribution in [0.25, 0.3) is 10.8 Å². The van der Waals surface area contributed by atoms with Crippen LogP contribution in [0.3, 0.4) is 0 Å². The normalized spacial score (nSPS) is 10.2. The van der Waals surface area contributed by atoms with Crippen molar-refractivity contribution in [2.24, 2.45) is 16.5 Å². The molecule has 4 heteroatoms. The van der Waals surface area contributed by atoms with Crippen LogP contribution < -0.4 is 11.5 Å². The Kier molecular flexibility index (Phi) is 2.47. The van der Waals surface area contributed by atoms with Crippen molar-refractivity contribution >= 4 is 34.0 Å². The molecule has 0 saturated carbocycles. The zero-order valence-corrected chi connectivity index (χ0v) is 8.70. The maximum absolute atomic E-state index is 6.09. The van der Waals surface area contributed by atoms with Crippen LogP contribution in [-0.4, -0.2) is 5.96 Å². The highest BCUT2D eigenvalue weighted by molar-refractivity contribution is 6.36. The van der Waals surface area contributed by atoms with Crippen LogP contribution >= 0.6 is 11.6 Å². The van der Waals surface area contributed by atoms with E-state index in [-0.39, 0.29) is 5.96 Å². The lowest BCUT2D eigenvalue weighted by Gasteiger charge is -2.03. The predicted octanol–water partition coefficient (Wildman–Crippen LogP) is 2.40. The lowest BCUT2D eigenvalue weighted by Crippen LogP contribution is -2.21. The van der Waals surface area contributed by atoms with Crippen molar-refractivity contribution in [1.82, 2.24) is 0 Å². The highest BCUT2D eigenvalue weighted by Crippen LogP contribution is 2.31. The van der Waals surface area contributed by atoms with Gasteiger partial charge in [-0.2, -0.15) is 0 Å². The molecule has 15 heavy (non-hydrogen) atoms. The van der Waals surface area contributed by atoms with Gasteiger partial charge in [0.2, 0.25) is 0 Å². The van der Waals surface area contributed by atoms with Gasteiger partial charge in [-0.1, -0.05) is 35.9 Å². The van der Waals surface area contributed by atoms with Gasteiger partial charge in [-0.15, -0.1) is 0 Å². The molecule has 0 aliphatic rings. The fraction of sp³-hybridized carbons (Fsp3) is 0. The fourth-order valence-electron chi connectivity index (χ4n) is 1.51. The first-order valence-electron chi connectivity index (χ1n) is 4.45. The van der Waals surface area contributed by atoms with Gasteiger partial charge in [0.15, 0.2) is 5.96 Å². The van der Waals surface area contributed by atoms with Crippen molar-refractivity contribution in [2.45, 2.75) is 0 Å². The average molecular weight is 220 g/mol. The molecule has 0 aliphatic heterocycles. The smallest absolute Gasteiger partial charge is 0.191 e. The monoisotopic (exact) mass is 219 g/mol. The molecule has 0 saturated heterocycles. The number of benzene rings is 2. The van der Waals surface area contributed by atoms with Gasteiger partial charge in [0.05, 0.1) is 10.7 Å². The third kappa shape index (κ3) is 1.87. The fourth-order valence-corrected chi connectivity index (χ4v) is 1.79. The van der Waals surface area contributed by atoms with Crippen molar-refractivity contribution < 1.29 is 0 Å². The number of hydrogen-bond acceptors (Lipinski definition) is 1. The molecule has 0 bridgehead atoms. The lowest BCUT2D eigenvalue weighted by atomic mass is 10.1. The van der Waals surface area contributed by atoms with E-state index in [9.17, 15) is 0 Å². The standard InChI is InChI=1S/C11H10ClN3/c12-8-5-1-3-7-4-2-6-9(10(7)8)15-11(13)14/h1-6H,(H4,13,14,15). The maximum atomic E-state index is 6.09. The zero-order valence-electron chi connectivity index (χ0n) is 7.94. The minimum absolute atomic E-state index is 0.0300. The summed E-state index contributed by atoms with van der Waals surface area (Å²) in [5, 5.41) is 2.54. The molecule has 0 amide bonds. The molecular formula is C11H10ClN3. The third-order valence-electron chi connectivity index (χ3n) is 2.08. The first-order valence-corrected chi connectivity index (χ1v) is 4.83. The van der Waals surface area contributed by atoms with Crippen LogP contribution in [-0.2, 0) is 0 Å². The molecule has 0 unspecified atom stereocenters. The molecule has 2 aromatic rings. The summed E-state index contributed by atoms with van der Waals surface area (Å²) in [7, 11) is 0. The third-order valence-corrected chi connectivity index (χ3v) is 2.40. The van der Waals surface area contributed by atoms with Crippen LogP contribution in [0.4, 0.5) is 5.69 Å². The van der Waals surface area contributed by atoms with Gasteiger partial charge in [0.25, 0.3) is 0 Å². The highest BCUT2D eigenvalue weighted by Gasteiger charge is 2.03. The summed E-state index contributed by atoms with van der Waals surface area (Å²) >= 11 is 6.09. The Balaban J connectivity index is 2.80. The summed E-state index contributed by atoms with van der Waals surface area (Å²) in [6, 6.07) is 11.4. The van der Waals surface area contributed by atoms with Crippen molar-refractivity contribution in [3.05, 3.63) is 41.4 Å². The molecule has 4 N–H and O–H groups in total. The van der Waals surface area contributed by atoms with Gasteiger partial charge in [0.1, 0.15) is 0 Å². The average Bonchev–Trinajstić information content (AvgIpc) is 2.17. The molecule has 0 radical (unpaired) electrons. The zero-order chi connectivity index (χ0) is 10.8. The minimum atomic E-state index is 0.0300. The molecule has 3 nitrogen and oxygen atoms in total. The first-order chi connectivity index (χ1) is 7.18. The van der Waals surface area contributed by atoms with E-state index in [2.05, 4.69) is 4.99 Å². The quantitative estimate of drug-likeness (QED) is 0.572. The van der Waals surface area contributed by atoms with Gasteiger partial charge in [-0.25, -0.2) is 4.99 Å². The molecule has 0 aliphatic carbocycles. The van der Waals surface area contributed by atoms with E-state index in [4.69, 9.17) is 23.1 Å². The number of rotatable bonds is 1. The number of guanidine groups is 1. The lowest BCUT2D eigenvalue weighted by molar-refractivity contribution is 1.44. The second-order valence-electron chi connectivity index (χ2n) is 3.15. The van der Waals surface area contributed by atoms with Crippen molar-refractivity contribution in [1.29, 1.82) is 0 Å².